The number of tetrazole rings is 1. The summed E-state index contributed by atoms with van der Waals surface area (Å²) in [6, 6.07) is 4.33. The molecule has 0 atom stereocenters. The first-order valence-electron chi connectivity index (χ1n) is 5.52. The highest BCUT2D eigenvalue weighted by molar-refractivity contribution is 5.35. The molecule has 0 spiro atoms. The lowest BCUT2D eigenvalue weighted by Crippen LogP contribution is -2.12. The van der Waals surface area contributed by atoms with Crippen LogP contribution in [0.15, 0.2) is 18.2 Å². The zero-order valence-corrected chi connectivity index (χ0v) is 10.0. The number of hydrogen-bond acceptors (Lipinski definition) is 5. The quantitative estimate of drug-likeness (QED) is 0.830. The summed E-state index contributed by atoms with van der Waals surface area (Å²) in [5.41, 5.74) is 6.07. The van der Waals surface area contributed by atoms with E-state index in [2.05, 4.69) is 15.4 Å². The van der Waals surface area contributed by atoms with Crippen LogP contribution in [0, 0.1) is 5.82 Å². The van der Waals surface area contributed by atoms with Crippen molar-refractivity contribution in [3.63, 3.8) is 0 Å². The minimum Gasteiger partial charge on any atom is -0.496 e. The van der Waals surface area contributed by atoms with Gasteiger partial charge in [-0.1, -0.05) is 0 Å². The first-order chi connectivity index (χ1) is 8.72. The SMILES string of the molecule is COc1ccc(F)cc1Cc1nnn(CCN)n1. The molecule has 0 bridgehead atoms. The van der Waals surface area contributed by atoms with Gasteiger partial charge in [-0.2, -0.15) is 4.80 Å². The highest BCUT2D eigenvalue weighted by Gasteiger charge is 2.09. The van der Waals surface area contributed by atoms with Crippen molar-refractivity contribution in [2.45, 2.75) is 13.0 Å². The number of nitrogens with zero attached hydrogens (tertiary/aromatic N) is 4. The largest absolute Gasteiger partial charge is 0.496 e. The number of aromatic nitrogens is 4. The molecule has 0 aliphatic rings. The molecular weight excluding hydrogens is 237 g/mol. The summed E-state index contributed by atoms with van der Waals surface area (Å²) in [5, 5.41) is 11.9. The van der Waals surface area contributed by atoms with E-state index in [-0.39, 0.29) is 5.82 Å². The van der Waals surface area contributed by atoms with Gasteiger partial charge in [0.05, 0.1) is 13.7 Å². The summed E-state index contributed by atoms with van der Waals surface area (Å²) >= 11 is 0. The first-order valence-corrected chi connectivity index (χ1v) is 5.52. The Kier molecular flexibility index (Phi) is 3.83. The molecule has 96 valence electrons. The Morgan fingerprint density at radius 3 is 3.00 bits per heavy atom. The van der Waals surface area contributed by atoms with Crippen LogP contribution in [0.5, 0.6) is 5.75 Å². The molecule has 0 amide bonds. The van der Waals surface area contributed by atoms with Crippen LogP contribution in [0.2, 0.25) is 0 Å². The second-order valence-electron chi connectivity index (χ2n) is 3.72. The molecule has 0 aliphatic heterocycles. The van der Waals surface area contributed by atoms with Crippen LogP contribution < -0.4 is 10.5 Å². The van der Waals surface area contributed by atoms with Crippen LogP contribution >= 0.6 is 0 Å². The van der Waals surface area contributed by atoms with Gasteiger partial charge < -0.3 is 10.5 Å². The highest BCUT2D eigenvalue weighted by Crippen LogP contribution is 2.21. The van der Waals surface area contributed by atoms with Crippen molar-refractivity contribution >= 4 is 0 Å². The van der Waals surface area contributed by atoms with Crippen molar-refractivity contribution in [3.8, 4) is 5.75 Å². The van der Waals surface area contributed by atoms with E-state index in [4.69, 9.17) is 10.5 Å². The molecule has 1 heterocycles. The van der Waals surface area contributed by atoms with E-state index in [0.717, 1.165) is 0 Å². The molecule has 0 saturated heterocycles. The Morgan fingerprint density at radius 1 is 1.44 bits per heavy atom. The average Bonchev–Trinajstić information content (AvgIpc) is 2.77. The molecule has 0 saturated carbocycles. The van der Waals surface area contributed by atoms with Gasteiger partial charge in [-0.05, 0) is 23.4 Å². The molecule has 0 unspecified atom stereocenters. The standard InChI is InChI=1S/C11H14FN5O/c1-18-10-3-2-9(12)6-8(10)7-11-14-16-17(15-11)5-4-13/h2-3,6H,4-5,7,13H2,1H3. The lowest BCUT2D eigenvalue weighted by Gasteiger charge is -2.06. The Hall–Kier alpha value is -2.02. The third kappa shape index (κ3) is 2.80. The summed E-state index contributed by atoms with van der Waals surface area (Å²) < 4.78 is 18.3. The summed E-state index contributed by atoms with van der Waals surface area (Å²) in [6.45, 7) is 0.951. The molecule has 0 fully saturated rings. The third-order valence-corrected chi connectivity index (χ3v) is 2.41. The number of halogens is 1. The minimum absolute atomic E-state index is 0.319. The van der Waals surface area contributed by atoms with Crippen molar-refractivity contribution in [1.29, 1.82) is 0 Å². The van der Waals surface area contributed by atoms with Gasteiger partial charge in [0.25, 0.3) is 0 Å². The Morgan fingerprint density at radius 2 is 2.28 bits per heavy atom. The minimum atomic E-state index is -0.319. The van der Waals surface area contributed by atoms with Gasteiger partial charge in [0.2, 0.25) is 0 Å². The summed E-state index contributed by atoms with van der Waals surface area (Å²) in [7, 11) is 1.54. The molecule has 0 aliphatic carbocycles. The maximum Gasteiger partial charge on any atom is 0.179 e. The average molecular weight is 251 g/mol. The number of nitrogens with two attached hydrogens (primary N) is 1. The molecule has 2 N–H and O–H groups in total. The van der Waals surface area contributed by atoms with Gasteiger partial charge in [0.15, 0.2) is 5.82 Å². The van der Waals surface area contributed by atoms with Gasteiger partial charge in [-0.3, -0.25) is 0 Å². The van der Waals surface area contributed by atoms with Gasteiger partial charge in [0, 0.05) is 18.5 Å². The molecular formula is C11H14FN5O. The van der Waals surface area contributed by atoms with Gasteiger partial charge in [0.1, 0.15) is 11.6 Å². The normalized spacial score (nSPS) is 10.6. The van der Waals surface area contributed by atoms with E-state index in [1.807, 2.05) is 0 Å². The topological polar surface area (TPSA) is 78.9 Å². The van der Waals surface area contributed by atoms with Crippen LogP contribution in [0.25, 0.3) is 0 Å². The Balaban J connectivity index is 2.19. The van der Waals surface area contributed by atoms with Crippen LogP contribution in [-0.2, 0) is 13.0 Å². The lowest BCUT2D eigenvalue weighted by molar-refractivity contribution is 0.409. The second-order valence-corrected chi connectivity index (χ2v) is 3.72. The van der Waals surface area contributed by atoms with E-state index in [9.17, 15) is 4.39 Å². The van der Waals surface area contributed by atoms with Crippen molar-refractivity contribution in [2.75, 3.05) is 13.7 Å². The number of ether oxygens (including phenoxy) is 1. The number of rotatable bonds is 5. The van der Waals surface area contributed by atoms with E-state index < -0.39 is 0 Å². The van der Waals surface area contributed by atoms with Gasteiger partial charge in [-0.25, -0.2) is 4.39 Å². The molecule has 0 radical (unpaired) electrons. The summed E-state index contributed by atoms with van der Waals surface area (Å²) in [6.07, 6.45) is 0.367. The summed E-state index contributed by atoms with van der Waals surface area (Å²) in [5.74, 6) is 0.791. The lowest BCUT2D eigenvalue weighted by atomic mass is 10.1. The number of hydrogen-bond donors (Lipinski definition) is 1. The third-order valence-electron chi connectivity index (χ3n) is 2.41. The Bertz CT molecular complexity index is 528. The van der Waals surface area contributed by atoms with E-state index in [1.54, 1.807) is 6.07 Å². The maximum absolute atomic E-state index is 13.2. The molecule has 7 heteroatoms. The smallest absolute Gasteiger partial charge is 0.179 e. The van der Waals surface area contributed by atoms with Crippen LogP contribution in [0.4, 0.5) is 4.39 Å². The molecule has 2 rings (SSSR count). The molecule has 1 aromatic heterocycles. The fourth-order valence-corrected chi connectivity index (χ4v) is 1.61. The monoisotopic (exact) mass is 251 g/mol. The molecule has 18 heavy (non-hydrogen) atoms. The van der Waals surface area contributed by atoms with E-state index in [1.165, 1.54) is 24.0 Å². The molecule has 1 aromatic carbocycles. The fourth-order valence-electron chi connectivity index (χ4n) is 1.61. The number of methoxy groups -OCH3 is 1. The molecule has 2 aromatic rings. The van der Waals surface area contributed by atoms with Crippen LogP contribution in [0.1, 0.15) is 11.4 Å². The van der Waals surface area contributed by atoms with E-state index in [0.29, 0.717) is 36.6 Å². The van der Waals surface area contributed by atoms with Crippen molar-refractivity contribution < 1.29 is 9.13 Å². The first kappa shape index (κ1) is 12.4. The zero-order valence-electron chi connectivity index (χ0n) is 10.0. The van der Waals surface area contributed by atoms with Gasteiger partial charge in [-0.15, -0.1) is 10.2 Å². The van der Waals surface area contributed by atoms with Crippen molar-refractivity contribution in [2.24, 2.45) is 5.73 Å². The maximum atomic E-state index is 13.2. The summed E-state index contributed by atoms with van der Waals surface area (Å²) in [4.78, 5) is 1.42. The second kappa shape index (κ2) is 5.54. The zero-order chi connectivity index (χ0) is 13.0. The van der Waals surface area contributed by atoms with Crippen molar-refractivity contribution in [1.82, 2.24) is 20.2 Å². The molecule has 6 nitrogen and oxygen atoms in total. The number of benzene rings is 1. The predicted molar refractivity (Wildman–Crippen MR) is 62.6 cm³/mol. The van der Waals surface area contributed by atoms with Crippen molar-refractivity contribution in [3.05, 3.63) is 35.4 Å². The van der Waals surface area contributed by atoms with Crippen LogP contribution in [0.3, 0.4) is 0 Å². The van der Waals surface area contributed by atoms with E-state index >= 15 is 0 Å². The fraction of sp³-hybridized carbons (Fsp3) is 0.364. The predicted octanol–water partition coefficient (Wildman–Crippen LogP) is 0.370. The Labute approximate surface area is 104 Å². The van der Waals surface area contributed by atoms with Gasteiger partial charge >= 0.3 is 0 Å². The van der Waals surface area contributed by atoms with Crippen LogP contribution in [-0.4, -0.2) is 33.9 Å². The highest BCUT2D eigenvalue weighted by atomic mass is 19.1.